The Bertz CT molecular complexity index is 189. The largest absolute Gasteiger partial charge is 0.379 e. The van der Waals surface area contributed by atoms with Gasteiger partial charge in [0.05, 0.1) is 19.3 Å². The normalized spacial score (nSPS) is 35.1. The summed E-state index contributed by atoms with van der Waals surface area (Å²) in [6.07, 6.45) is 2.15. The molecule has 0 radical (unpaired) electrons. The number of hydrogen-bond donors (Lipinski definition) is 1. The van der Waals surface area contributed by atoms with Gasteiger partial charge < -0.3 is 10.1 Å². The number of nitrogens with one attached hydrogen (secondary N) is 1. The van der Waals surface area contributed by atoms with Gasteiger partial charge in [-0.05, 0) is 12.8 Å². The molecule has 3 nitrogen and oxygen atoms in total. The zero-order chi connectivity index (χ0) is 8.55. The molecule has 2 fully saturated rings. The Labute approximate surface area is 72.5 Å². The molecule has 2 atom stereocenters. The van der Waals surface area contributed by atoms with Crippen molar-refractivity contribution in [2.45, 2.75) is 25.8 Å². The average molecular weight is 169 g/mol. The van der Waals surface area contributed by atoms with Crippen molar-refractivity contribution in [2.24, 2.45) is 11.8 Å². The molecule has 1 saturated carbocycles. The van der Waals surface area contributed by atoms with Crippen molar-refractivity contribution >= 4 is 5.91 Å². The second-order valence-electron chi connectivity index (χ2n) is 3.90. The zero-order valence-electron chi connectivity index (χ0n) is 7.38. The predicted molar refractivity (Wildman–Crippen MR) is 44.6 cm³/mol. The Balaban J connectivity index is 1.80. The first kappa shape index (κ1) is 8.05. The van der Waals surface area contributed by atoms with Crippen molar-refractivity contribution in [3.63, 3.8) is 0 Å². The number of rotatable bonds is 2. The first-order valence-corrected chi connectivity index (χ1v) is 4.65. The third-order valence-corrected chi connectivity index (χ3v) is 2.64. The highest BCUT2D eigenvalue weighted by Gasteiger charge is 2.33. The summed E-state index contributed by atoms with van der Waals surface area (Å²) in [5, 5.41) is 3.03. The Morgan fingerprint density at radius 3 is 2.67 bits per heavy atom. The van der Waals surface area contributed by atoms with Gasteiger partial charge in [-0.25, -0.2) is 0 Å². The van der Waals surface area contributed by atoms with E-state index in [1.54, 1.807) is 0 Å². The Hall–Kier alpha value is -0.570. The number of carbonyl (C=O) groups excluding carboxylic acids is 1. The average Bonchev–Trinajstić information content (AvgIpc) is 2.80. The molecule has 0 bridgehead atoms. The van der Waals surface area contributed by atoms with E-state index in [-0.39, 0.29) is 11.9 Å². The summed E-state index contributed by atoms with van der Waals surface area (Å²) >= 11 is 0. The van der Waals surface area contributed by atoms with E-state index < -0.39 is 0 Å². The third kappa shape index (κ3) is 1.61. The van der Waals surface area contributed by atoms with Crippen molar-refractivity contribution < 1.29 is 9.53 Å². The lowest BCUT2D eigenvalue weighted by Gasteiger charge is -2.14. The molecule has 68 valence electrons. The van der Waals surface area contributed by atoms with Crippen molar-refractivity contribution in [3.05, 3.63) is 0 Å². The molecule has 2 aliphatic rings. The van der Waals surface area contributed by atoms with Crippen molar-refractivity contribution in [3.8, 4) is 0 Å². The maximum absolute atomic E-state index is 11.3. The van der Waals surface area contributed by atoms with Crippen LogP contribution in [0.2, 0.25) is 0 Å². The first-order chi connectivity index (χ1) is 5.77. The van der Waals surface area contributed by atoms with Crippen molar-refractivity contribution in [1.82, 2.24) is 5.32 Å². The molecule has 0 aromatic rings. The van der Waals surface area contributed by atoms with Crippen LogP contribution < -0.4 is 5.32 Å². The van der Waals surface area contributed by atoms with Gasteiger partial charge in [0.25, 0.3) is 0 Å². The molecule has 0 aromatic heterocycles. The van der Waals surface area contributed by atoms with Crippen molar-refractivity contribution in [2.75, 3.05) is 13.2 Å². The topological polar surface area (TPSA) is 38.3 Å². The number of carbonyl (C=O) groups is 1. The molecule has 1 amide bonds. The zero-order valence-corrected chi connectivity index (χ0v) is 7.38. The molecule has 2 rings (SSSR count). The molecule has 2 unspecified atom stereocenters. The molecule has 1 aliphatic carbocycles. The molecular weight excluding hydrogens is 154 g/mol. The maximum Gasteiger partial charge on any atom is 0.223 e. The summed E-state index contributed by atoms with van der Waals surface area (Å²) in [7, 11) is 0. The Morgan fingerprint density at radius 1 is 1.42 bits per heavy atom. The highest BCUT2D eigenvalue weighted by molar-refractivity contribution is 5.81. The minimum Gasteiger partial charge on any atom is -0.379 e. The van der Waals surface area contributed by atoms with Gasteiger partial charge >= 0.3 is 0 Å². The second-order valence-corrected chi connectivity index (χ2v) is 3.90. The van der Waals surface area contributed by atoms with E-state index in [0.717, 1.165) is 19.4 Å². The lowest BCUT2D eigenvalue weighted by molar-refractivity contribution is -0.123. The molecule has 1 aliphatic heterocycles. The summed E-state index contributed by atoms with van der Waals surface area (Å²) in [6.45, 7) is 3.60. The van der Waals surface area contributed by atoms with Gasteiger partial charge in [-0.1, -0.05) is 6.92 Å². The van der Waals surface area contributed by atoms with Gasteiger partial charge in [-0.15, -0.1) is 0 Å². The molecule has 1 N–H and O–H groups in total. The summed E-state index contributed by atoms with van der Waals surface area (Å²) in [6, 6.07) is 0.262. The van der Waals surface area contributed by atoms with Gasteiger partial charge in [0.15, 0.2) is 0 Å². The Morgan fingerprint density at radius 2 is 2.17 bits per heavy atom. The predicted octanol–water partition coefficient (Wildman–Crippen LogP) is 0.547. The number of amides is 1. The highest BCUT2D eigenvalue weighted by Crippen LogP contribution is 2.29. The summed E-state index contributed by atoms with van der Waals surface area (Å²) in [4.78, 5) is 11.3. The number of hydrogen-bond acceptors (Lipinski definition) is 2. The van der Waals surface area contributed by atoms with Crippen LogP contribution in [0, 0.1) is 11.8 Å². The number of ether oxygens (including phenoxy) is 1. The second kappa shape index (κ2) is 3.05. The van der Waals surface area contributed by atoms with Gasteiger partial charge in [-0.2, -0.15) is 0 Å². The third-order valence-electron chi connectivity index (χ3n) is 2.64. The fraction of sp³-hybridized carbons (Fsp3) is 0.889. The smallest absolute Gasteiger partial charge is 0.223 e. The molecule has 3 heteroatoms. The standard InChI is InChI=1S/C9H15NO2/c1-6-4-12-5-8(6)10-9(11)7-2-3-7/h6-8H,2-5H2,1H3,(H,10,11). The lowest BCUT2D eigenvalue weighted by Crippen LogP contribution is -2.39. The van der Waals surface area contributed by atoms with E-state index in [1.807, 2.05) is 0 Å². The monoisotopic (exact) mass is 169 g/mol. The van der Waals surface area contributed by atoms with Crippen LogP contribution in [0.25, 0.3) is 0 Å². The summed E-state index contributed by atoms with van der Waals surface area (Å²) < 4.78 is 5.26. The molecule has 0 aromatic carbocycles. The van der Waals surface area contributed by atoms with E-state index in [0.29, 0.717) is 18.4 Å². The molecule has 12 heavy (non-hydrogen) atoms. The molecular formula is C9H15NO2. The minimum atomic E-state index is 0.234. The van der Waals surface area contributed by atoms with E-state index >= 15 is 0 Å². The maximum atomic E-state index is 11.3. The minimum absolute atomic E-state index is 0.234. The van der Waals surface area contributed by atoms with Crippen LogP contribution in [0.1, 0.15) is 19.8 Å². The van der Waals surface area contributed by atoms with Gasteiger partial charge in [0.2, 0.25) is 5.91 Å². The van der Waals surface area contributed by atoms with Gasteiger partial charge in [0.1, 0.15) is 0 Å². The quantitative estimate of drug-likeness (QED) is 0.655. The summed E-state index contributed by atoms with van der Waals surface area (Å²) in [5.41, 5.74) is 0. The van der Waals surface area contributed by atoms with Crippen LogP contribution in [-0.4, -0.2) is 25.2 Å². The van der Waals surface area contributed by atoms with Crippen LogP contribution in [0.4, 0.5) is 0 Å². The van der Waals surface area contributed by atoms with E-state index in [1.165, 1.54) is 0 Å². The molecule has 1 saturated heterocycles. The summed E-state index contributed by atoms with van der Waals surface area (Å²) in [5.74, 6) is 1.03. The van der Waals surface area contributed by atoms with Crippen LogP contribution in [0.15, 0.2) is 0 Å². The van der Waals surface area contributed by atoms with E-state index in [2.05, 4.69) is 12.2 Å². The first-order valence-electron chi connectivity index (χ1n) is 4.65. The van der Waals surface area contributed by atoms with Crippen LogP contribution in [0.3, 0.4) is 0 Å². The fourth-order valence-corrected chi connectivity index (χ4v) is 1.49. The highest BCUT2D eigenvalue weighted by atomic mass is 16.5. The molecule has 1 heterocycles. The SMILES string of the molecule is CC1COCC1NC(=O)C1CC1. The molecule has 0 spiro atoms. The van der Waals surface area contributed by atoms with Crippen LogP contribution in [0.5, 0.6) is 0 Å². The van der Waals surface area contributed by atoms with Crippen LogP contribution in [-0.2, 0) is 9.53 Å². The van der Waals surface area contributed by atoms with E-state index in [9.17, 15) is 4.79 Å². The van der Waals surface area contributed by atoms with E-state index in [4.69, 9.17) is 4.74 Å². The fourth-order valence-electron chi connectivity index (χ4n) is 1.49. The lowest BCUT2D eigenvalue weighted by atomic mass is 10.1. The van der Waals surface area contributed by atoms with Gasteiger partial charge in [0, 0.05) is 11.8 Å². The van der Waals surface area contributed by atoms with Crippen molar-refractivity contribution in [1.29, 1.82) is 0 Å². The van der Waals surface area contributed by atoms with Crippen LogP contribution >= 0.6 is 0 Å². The van der Waals surface area contributed by atoms with Gasteiger partial charge in [-0.3, -0.25) is 4.79 Å². The Kier molecular flexibility index (Phi) is 2.05.